The van der Waals surface area contributed by atoms with Gasteiger partial charge in [-0.2, -0.15) is 0 Å². The van der Waals surface area contributed by atoms with Gasteiger partial charge >= 0.3 is 17.6 Å². The van der Waals surface area contributed by atoms with E-state index in [-0.39, 0.29) is 25.2 Å². The highest BCUT2D eigenvalue weighted by molar-refractivity contribution is 5.85. The lowest BCUT2D eigenvalue weighted by Gasteiger charge is -2.15. The molecule has 2 aromatic carbocycles. The summed E-state index contributed by atoms with van der Waals surface area (Å²) in [6.45, 7) is 1.41. The summed E-state index contributed by atoms with van der Waals surface area (Å²) in [4.78, 5) is 47.1. The van der Waals surface area contributed by atoms with Crippen molar-refractivity contribution in [2.45, 2.75) is 32.4 Å². The molecule has 1 heterocycles. The molecule has 3 rings (SSSR count). The second-order valence-electron chi connectivity index (χ2n) is 7.34. The number of fused-ring (bicyclic) bond motifs is 1. The van der Waals surface area contributed by atoms with E-state index in [1.54, 1.807) is 31.2 Å². The van der Waals surface area contributed by atoms with Gasteiger partial charge in [0.15, 0.2) is 6.61 Å². The van der Waals surface area contributed by atoms with Crippen LogP contribution >= 0.6 is 0 Å². The number of hydrogen-bond acceptors (Lipinski definition) is 7. The van der Waals surface area contributed by atoms with Crippen LogP contribution < -0.4 is 15.7 Å². The van der Waals surface area contributed by atoms with Crippen molar-refractivity contribution in [1.82, 2.24) is 5.32 Å². The SMILES string of the molecule is Cc1cc(=O)oc2cc(OCC(=O)NC(CCC(=O)OCc3ccccc3)C(=O)O)ccc12. The fraction of sp³-hybridized carbons (Fsp3) is 0.250. The minimum atomic E-state index is -1.28. The smallest absolute Gasteiger partial charge is 0.336 e. The van der Waals surface area contributed by atoms with E-state index in [1.807, 2.05) is 18.2 Å². The molecule has 1 unspecified atom stereocenters. The van der Waals surface area contributed by atoms with E-state index in [0.717, 1.165) is 16.5 Å². The standard InChI is InChI=1S/C24H23NO8/c1-15-11-23(28)33-20-12-17(7-8-18(15)20)31-14-21(26)25-19(24(29)30)9-10-22(27)32-13-16-5-3-2-4-6-16/h2-8,11-12,19H,9-10,13-14H2,1H3,(H,25,26)(H,29,30). The second kappa shape index (κ2) is 10.9. The van der Waals surface area contributed by atoms with Crippen LogP contribution in [0, 0.1) is 6.92 Å². The van der Waals surface area contributed by atoms with Gasteiger partial charge in [0.05, 0.1) is 0 Å². The average molecular weight is 453 g/mol. The minimum absolute atomic E-state index is 0.0863. The maximum Gasteiger partial charge on any atom is 0.336 e. The van der Waals surface area contributed by atoms with Crippen LogP contribution in [0.15, 0.2) is 63.8 Å². The molecule has 9 nitrogen and oxygen atoms in total. The number of benzene rings is 2. The lowest BCUT2D eigenvalue weighted by atomic mass is 10.1. The van der Waals surface area contributed by atoms with Crippen molar-refractivity contribution < 1.29 is 33.4 Å². The van der Waals surface area contributed by atoms with E-state index < -0.39 is 36.1 Å². The Hall–Kier alpha value is -4.14. The number of carboxylic acids is 1. The molecular weight excluding hydrogens is 430 g/mol. The zero-order valence-corrected chi connectivity index (χ0v) is 17.9. The van der Waals surface area contributed by atoms with Gasteiger partial charge in [0.25, 0.3) is 5.91 Å². The van der Waals surface area contributed by atoms with Crippen LogP contribution in [0.4, 0.5) is 0 Å². The zero-order valence-electron chi connectivity index (χ0n) is 17.9. The molecule has 0 bridgehead atoms. The second-order valence-corrected chi connectivity index (χ2v) is 7.34. The monoisotopic (exact) mass is 453 g/mol. The van der Waals surface area contributed by atoms with Gasteiger partial charge in [-0.3, -0.25) is 9.59 Å². The molecule has 0 radical (unpaired) electrons. The number of carbonyl (C=O) groups excluding carboxylic acids is 2. The summed E-state index contributed by atoms with van der Waals surface area (Å²) >= 11 is 0. The summed E-state index contributed by atoms with van der Waals surface area (Å²) in [5.74, 6) is -2.24. The first kappa shape index (κ1) is 23.5. The summed E-state index contributed by atoms with van der Waals surface area (Å²) in [5, 5.41) is 12.4. The Morgan fingerprint density at radius 3 is 2.58 bits per heavy atom. The molecule has 1 atom stereocenters. The third-order valence-corrected chi connectivity index (χ3v) is 4.81. The Balaban J connectivity index is 1.48. The maximum absolute atomic E-state index is 12.2. The Morgan fingerprint density at radius 2 is 1.85 bits per heavy atom. The van der Waals surface area contributed by atoms with Crippen molar-refractivity contribution in [3.63, 3.8) is 0 Å². The van der Waals surface area contributed by atoms with Crippen molar-refractivity contribution in [3.8, 4) is 5.75 Å². The number of ether oxygens (including phenoxy) is 2. The molecule has 1 amide bonds. The van der Waals surface area contributed by atoms with Crippen molar-refractivity contribution in [2.24, 2.45) is 0 Å². The highest BCUT2D eigenvalue weighted by Gasteiger charge is 2.22. The molecule has 172 valence electrons. The molecule has 0 aliphatic heterocycles. The summed E-state index contributed by atoms with van der Waals surface area (Å²) in [6.07, 6.45) is -0.302. The van der Waals surface area contributed by atoms with Crippen LogP contribution in [-0.2, 0) is 25.7 Å². The van der Waals surface area contributed by atoms with Gasteiger partial charge < -0.3 is 24.3 Å². The first-order valence-electron chi connectivity index (χ1n) is 10.2. The van der Waals surface area contributed by atoms with Gasteiger partial charge in [-0.1, -0.05) is 30.3 Å². The summed E-state index contributed by atoms with van der Waals surface area (Å²) in [5.41, 5.74) is 1.38. The predicted octanol–water partition coefficient (Wildman–Crippen LogP) is 2.57. The first-order chi connectivity index (χ1) is 15.8. The number of hydrogen-bond donors (Lipinski definition) is 2. The fourth-order valence-electron chi connectivity index (χ4n) is 3.11. The van der Waals surface area contributed by atoms with Crippen LogP contribution in [-0.4, -0.2) is 35.6 Å². The number of carboxylic acid groups (broad SMARTS) is 1. The van der Waals surface area contributed by atoms with Gasteiger partial charge in [0, 0.05) is 23.9 Å². The van der Waals surface area contributed by atoms with Gasteiger partial charge in [-0.05, 0) is 36.6 Å². The molecule has 0 saturated carbocycles. The molecule has 0 spiro atoms. The number of aliphatic carboxylic acids is 1. The van der Waals surface area contributed by atoms with Crippen molar-refractivity contribution in [2.75, 3.05) is 6.61 Å². The Bertz CT molecular complexity index is 1200. The molecule has 0 saturated heterocycles. The quantitative estimate of drug-likeness (QED) is 0.354. The number of amides is 1. The lowest BCUT2D eigenvalue weighted by molar-refractivity contribution is -0.146. The van der Waals surface area contributed by atoms with E-state index in [9.17, 15) is 24.3 Å². The molecule has 3 aromatic rings. The Kier molecular flexibility index (Phi) is 7.80. The van der Waals surface area contributed by atoms with Crippen LogP contribution in [0.25, 0.3) is 11.0 Å². The maximum atomic E-state index is 12.2. The topological polar surface area (TPSA) is 132 Å². The van der Waals surface area contributed by atoms with E-state index in [1.165, 1.54) is 12.1 Å². The number of esters is 1. The summed E-state index contributed by atoms with van der Waals surface area (Å²) in [6, 6.07) is 14.0. The molecule has 2 N–H and O–H groups in total. The van der Waals surface area contributed by atoms with Crippen molar-refractivity contribution in [1.29, 1.82) is 0 Å². The zero-order chi connectivity index (χ0) is 23.8. The Morgan fingerprint density at radius 1 is 1.09 bits per heavy atom. The lowest BCUT2D eigenvalue weighted by Crippen LogP contribution is -2.43. The highest BCUT2D eigenvalue weighted by atomic mass is 16.5. The van der Waals surface area contributed by atoms with E-state index in [2.05, 4.69) is 5.32 Å². The van der Waals surface area contributed by atoms with Crippen LogP contribution in [0.3, 0.4) is 0 Å². The molecule has 0 fully saturated rings. The number of nitrogens with one attached hydrogen (secondary N) is 1. The number of carbonyl (C=O) groups is 3. The third kappa shape index (κ3) is 6.93. The highest BCUT2D eigenvalue weighted by Crippen LogP contribution is 2.22. The van der Waals surface area contributed by atoms with E-state index >= 15 is 0 Å². The summed E-state index contributed by atoms with van der Waals surface area (Å²) < 4.78 is 15.6. The summed E-state index contributed by atoms with van der Waals surface area (Å²) in [7, 11) is 0. The molecular formula is C24H23NO8. The molecule has 33 heavy (non-hydrogen) atoms. The van der Waals surface area contributed by atoms with E-state index in [0.29, 0.717) is 5.58 Å². The van der Waals surface area contributed by atoms with Crippen molar-refractivity contribution >= 4 is 28.8 Å². The number of rotatable bonds is 10. The van der Waals surface area contributed by atoms with Gasteiger partial charge in [0.2, 0.25) is 0 Å². The largest absolute Gasteiger partial charge is 0.484 e. The number of aryl methyl sites for hydroxylation is 1. The fourth-order valence-corrected chi connectivity index (χ4v) is 3.11. The van der Waals surface area contributed by atoms with Gasteiger partial charge in [-0.15, -0.1) is 0 Å². The van der Waals surface area contributed by atoms with Crippen molar-refractivity contribution in [3.05, 3.63) is 76.1 Å². The Labute approximate surface area is 188 Å². The van der Waals surface area contributed by atoms with Gasteiger partial charge in [0.1, 0.15) is 24.0 Å². The van der Waals surface area contributed by atoms with Crippen LogP contribution in [0.5, 0.6) is 5.75 Å². The van der Waals surface area contributed by atoms with Crippen LogP contribution in [0.1, 0.15) is 24.0 Å². The minimum Gasteiger partial charge on any atom is -0.484 e. The molecule has 0 aliphatic rings. The van der Waals surface area contributed by atoms with E-state index in [4.69, 9.17) is 13.9 Å². The third-order valence-electron chi connectivity index (χ3n) is 4.81. The van der Waals surface area contributed by atoms with Gasteiger partial charge in [-0.25, -0.2) is 9.59 Å². The molecule has 9 heteroatoms. The predicted molar refractivity (Wildman–Crippen MR) is 118 cm³/mol. The van der Waals surface area contributed by atoms with Crippen LogP contribution in [0.2, 0.25) is 0 Å². The molecule has 0 aliphatic carbocycles. The first-order valence-corrected chi connectivity index (χ1v) is 10.2. The normalized spacial score (nSPS) is 11.5. The molecule has 1 aromatic heterocycles. The average Bonchev–Trinajstić information content (AvgIpc) is 2.79.